The number of nitrogens with one attached hydrogen (secondary N) is 1. The summed E-state index contributed by atoms with van der Waals surface area (Å²) in [6.07, 6.45) is 1.38. The van der Waals surface area contributed by atoms with Crippen molar-refractivity contribution < 1.29 is 5.11 Å². The lowest BCUT2D eigenvalue weighted by atomic mass is 10.0. The third-order valence-electron chi connectivity index (χ3n) is 4.88. The lowest BCUT2D eigenvalue weighted by Crippen LogP contribution is -2.34. The highest BCUT2D eigenvalue weighted by atomic mass is 31.1. The molecule has 0 saturated heterocycles. The Morgan fingerprint density at radius 2 is 1.48 bits per heavy atom. The molecule has 3 aromatic rings. The predicted octanol–water partition coefficient (Wildman–Crippen LogP) is 4.35. The summed E-state index contributed by atoms with van der Waals surface area (Å²) in [5.74, 6) is 0. The molecule has 0 aromatic heterocycles. The Hall–Kier alpha value is -1.99. The highest BCUT2D eigenvalue weighted by Gasteiger charge is 2.19. The van der Waals surface area contributed by atoms with E-state index in [1.54, 1.807) is 0 Å². The Balaban J connectivity index is 1.77. The maximum Gasteiger partial charge on any atom is 0.0940 e. The van der Waals surface area contributed by atoms with Gasteiger partial charge in [-0.25, -0.2) is 0 Å². The first-order chi connectivity index (χ1) is 13.2. The van der Waals surface area contributed by atoms with Gasteiger partial charge in [0.25, 0.3) is 0 Å². The fourth-order valence-electron chi connectivity index (χ4n) is 3.17. The molecule has 3 atom stereocenters. The average molecular weight is 377 g/mol. The van der Waals surface area contributed by atoms with Crippen LogP contribution < -0.4 is 15.9 Å². The molecule has 0 aliphatic rings. The van der Waals surface area contributed by atoms with E-state index >= 15 is 0 Å². The molecule has 140 valence electrons. The van der Waals surface area contributed by atoms with Crippen molar-refractivity contribution in [2.75, 3.05) is 6.29 Å². The molecule has 0 spiro atoms. The van der Waals surface area contributed by atoms with Crippen molar-refractivity contribution in [2.45, 2.75) is 32.4 Å². The number of benzene rings is 3. The normalized spacial score (nSPS) is 14.5. The predicted molar refractivity (Wildman–Crippen MR) is 117 cm³/mol. The van der Waals surface area contributed by atoms with E-state index in [0.29, 0.717) is 0 Å². The highest BCUT2D eigenvalue weighted by molar-refractivity contribution is 7.72. The quantitative estimate of drug-likeness (QED) is 0.572. The fourth-order valence-corrected chi connectivity index (χ4v) is 5.42. The largest absolute Gasteiger partial charge is 0.387 e. The van der Waals surface area contributed by atoms with E-state index in [4.69, 9.17) is 0 Å². The van der Waals surface area contributed by atoms with Gasteiger partial charge in [0.1, 0.15) is 0 Å². The van der Waals surface area contributed by atoms with Crippen molar-refractivity contribution in [1.29, 1.82) is 0 Å². The second-order valence-electron chi connectivity index (χ2n) is 6.79. The zero-order valence-electron chi connectivity index (χ0n) is 16.0. The third kappa shape index (κ3) is 5.26. The van der Waals surface area contributed by atoms with E-state index in [1.165, 1.54) is 16.2 Å². The van der Waals surface area contributed by atoms with E-state index in [-0.39, 0.29) is 6.04 Å². The van der Waals surface area contributed by atoms with Gasteiger partial charge in [0.15, 0.2) is 0 Å². The topological polar surface area (TPSA) is 32.3 Å². The van der Waals surface area contributed by atoms with Gasteiger partial charge in [-0.05, 0) is 43.0 Å². The summed E-state index contributed by atoms with van der Waals surface area (Å²) in [5, 5.41) is 17.0. The van der Waals surface area contributed by atoms with Gasteiger partial charge in [-0.3, -0.25) is 0 Å². The smallest absolute Gasteiger partial charge is 0.0940 e. The van der Waals surface area contributed by atoms with E-state index in [0.717, 1.165) is 18.3 Å². The Labute approximate surface area is 164 Å². The van der Waals surface area contributed by atoms with Crippen LogP contribution in [0.2, 0.25) is 0 Å². The molecule has 2 nitrogen and oxygen atoms in total. The van der Waals surface area contributed by atoms with Crippen LogP contribution in [0.1, 0.15) is 31.1 Å². The van der Waals surface area contributed by atoms with Gasteiger partial charge in [0, 0.05) is 12.3 Å². The van der Waals surface area contributed by atoms with E-state index < -0.39 is 14.0 Å². The maximum atomic E-state index is 10.7. The Bertz CT molecular complexity index is 822. The van der Waals surface area contributed by atoms with Crippen molar-refractivity contribution in [1.82, 2.24) is 5.32 Å². The SMILES string of the molecule is CCc1cccc([P@@](CN[C@@H](C)[C@H](O)c2ccccc2)c2ccccc2)c1. The van der Waals surface area contributed by atoms with Crippen LogP contribution in [0.5, 0.6) is 0 Å². The van der Waals surface area contributed by atoms with Gasteiger partial charge in [-0.15, -0.1) is 0 Å². The average Bonchev–Trinajstić information content (AvgIpc) is 2.74. The van der Waals surface area contributed by atoms with Crippen LogP contribution in [-0.2, 0) is 6.42 Å². The minimum Gasteiger partial charge on any atom is -0.387 e. The Morgan fingerprint density at radius 1 is 0.852 bits per heavy atom. The first-order valence-corrected chi connectivity index (χ1v) is 11.1. The minimum atomic E-state index is -0.521. The monoisotopic (exact) mass is 377 g/mol. The zero-order valence-corrected chi connectivity index (χ0v) is 16.9. The van der Waals surface area contributed by atoms with Gasteiger partial charge in [-0.2, -0.15) is 0 Å². The Kier molecular flexibility index (Phi) is 7.18. The van der Waals surface area contributed by atoms with Crippen molar-refractivity contribution in [3.8, 4) is 0 Å². The molecule has 0 saturated carbocycles. The van der Waals surface area contributed by atoms with Crippen LogP contribution in [0.4, 0.5) is 0 Å². The number of aryl methyl sites for hydroxylation is 1. The zero-order chi connectivity index (χ0) is 19.1. The minimum absolute atomic E-state index is 0.0181. The maximum absolute atomic E-state index is 10.7. The summed E-state index contributed by atoms with van der Waals surface area (Å²) < 4.78 is 0. The third-order valence-corrected chi connectivity index (χ3v) is 7.21. The molecule has 0 heterocycles. The van der Waals surface area contributed by atoms with Gasteiger partial charge in [0.2, 0.25) is 0 Å². The molecule has 0 aliphatic heterocycles. The molecular formula is C24H28NOP. The van der Waals surface area contributed by atoms with Crippen LogP contribution in [0, 0.1) is 0 Å². The van der Waals surface area contributed by atoms with E-state index in [1.807, 2.05) is 30.3 Å². The van der Waals surface area contributed by atoms with Gasteiger partial charge < -0.3 is 10.4 Å². The van der Waals surface area contributed by atoms with Crippen LogP contribution >= 0.6 is 7.92 Å². The van der Waals surface area contributed by atoms with E-state index in [9.17, 15) is 5.11 Å². The van der Waals surface area contributed by atoms with E-state index in [2.05, 4.69) is 73.8 Å². The molecule has 0 unspecified atom stereocenters. The van der Waals surface area contributed by atoms with Crippen molar-refractivity contribution in [2.24, 2.45) is 0 Å². The van der Waals surface area contributed by atoms with Crippen molar-refractivity contribution >= 4 is 18.5 Å². The highest BCUT2D eigenvalue weighted by Crippen LogP contribution is 2.33. The van der Waals surface area contributed by atoms with Crippen LogP contribution in [-0.4, -0.2) is 17.4 Å². The fraction of sp³-hybridized carbons (Fsp3) is 0.250. The number of aliphatic hydroxyl groups excluding tert-OH is 1. The van der Waals surface area contributed by atoms with Gasteiger partial charge >= 0.3 is 0 Å². The van der Waals surface area contributed by atoms with Gasteiger partial charge in [0.05, 0.1) is 6.10 Å². The number of rotatable bonds is 8. The molecule has 0 aliphatic carbocycles. The lowest BCUT2D eigenvalue weighted by Gasteiger charge is -2.25. The summed E-state index contributed by atoms with van der Waals surface area (Å²) in [4.78, 5) is 0. The molecule has 3 aromatic carbocycles. The summed E-state index contributed by atoms with van der Waals surface area (Å²) >= 11 is 0. The Morgan fingerprint density at radius 3 is 2.15 bits per heavy atom. The summed E-state index contributed by atoms with van der Waals surface area (Å²) in [5.41, 5.74) is 2.32. The van der Waals surface area contributed by atoms with Crippen LogP contribution in [0.25, 0.3) is 0 Å². The first-order valence-electron chi connectivity index (χ1n) is 9.57. The number of hydrogen-bond donors (Lipinski definition) is 2. The van der Waals surface area contributed by atoms with Crippen molar-refractivity contribution in [3.05, 3.63) is 96.1 Å². The molecule has 3 heteroatoms. The standard InChI is InChI=1S/C24H28NOP/c1-3-20-11-10-16-23(17-20)27(22-14-8-5-9-15-22)18-25-19(2)24(26)21-12-6-4-7-13-21/h4-17,19,24-26H,3,18H2,1-2H3/t19-,24-,27-/m0/s1. The van der Waals surface area contributed by atoms with Crippen LogP contribution in [0.15, 0.2) is 84.9 Å². The molecule has 2 N–H and O–H groups in total. The molecule has 0 radical (unpaired) electrons. The van der Waals surface area contributed by atoms with Crippen LogP contribution in [0.3, 0.4) is 0 Å². The molecule has 0 fully saturated rings. The molecule has 27 heavy (non-hydrogen) atoms. The molecular weight excluding hydrogens is 349 g/mol. The summed E-state index contributed by atoms with van der Waals surface area (Å²) in [7, 11) is -0.521. The molecule has 0 bridgehead atoms. The second-order valence-corrected chi connectivity index (χ2v) is 9.00. The number of hydrogen-bond acceptors (Lipinski definition) is 2. The first kappa shape index (κ1) is 19.8. The number of aliphatic hydroxyl groups is 1. The second kappa shape index (κ2) is 9.80. The lowest BCUT2D eigenvalue weighted by molar-refractivity contribution is 0.139. The summed E-state index contributed by atoms with van der Waals surface area (Å²) in [6.45, 7) is 4.25. The summed E-state index contributed by atoms with van der Waals surface area (Å²) in [6, 6.07) is 29.5. The van der Waals surface area contributed by atoms with Gasteiger partial charge in [-0.1, -0.05) is 91.9 Å². The molecule has 3 rings (SSSR count). The van der Waals surface area contributed by atoms with Crippen molar-refractivity contribution in [3.63, 3.8) is 0 Å². The molecule has 0 amide bonds.